The second-order valence-electron chi connectivity index (χ2n) is 17.8. The molecule has 506 valence electrons. The van der Waals surface area contributed by atoms with Crippen molar-refractivity contribution in [2.24, 2.45) is 35.5 Å². The summed E-state index contributed by atoms with van der Waals surface area (Å²) in [4.78, 5) is 25.6. The number of nitrogens with zero attached hydrogens (tertiary/aromatic N) is 3. The smallest absolute Gasteiger partial charge is 0.406 e. The van der Waals surface area contributed by atoms with Crippen LogP contribution in [0.2, 0.25) is 0 Å². The molecule has 0 fully saturated rings. The molecule has 0 aromatic carbocycles. The third kappa shape index (κ3) is 24.9. The van der Waals surface area contributed by atoms with E-state index in [1.807, 2.05) is 0 Å². The summed E-state index contributed by atoms with van der Waals surface area (Å²) in [6, 6.07) is -11.6. The molecule has 0 atom stereocenters. The normalized spacial score (nSPS) is 15.2. The van der Waals surface area contributed by atoms with Gasteiger partial charge in [0.2, 0.25) is 35.5 Å². The molecule has 0 unspecified atom stereocenters. The van der Waals surface area contributed by atoms with Gasteiger partial charge in [0.1, 0.15) is 18.1 Å². The van der Waals surface area contributed by atoms with Gasteiger partial charge in [-0.05, 0) is 62.3 Å². The molecule has 0 aliphatic heterocycles. The fourth-order valence-corrected chi connectivity index (χ4v) is 9.82. The Kier molecular flexibility index (Phi) is 30.6. The van der Waals surface area contributed by atoms with Crippen molar-refractivity contribution < 1.29 is 191 Å². The largest absolute Gasteiger partial charge is 0.822 e. The number of halogens is 36. The first-order chi connectivity index (χ1) is 35.9. The second-order valence-corrected chi connectivity index (χ2v) is 18.7. The Morgan fingerprint density at radius 2 is 0.289 bits per heavy atom. The Hall–Kier alpha value is -2.53. The Bertz CT molecular complexity index is 1500. The maximum Gasteiger partial charge on any atom is 0.406 e. The highest BCUT2D eigenvalue weighted by molar-refractivity contribution is 7.40. The summed E-state index contributed by atoms with van der Waals surface area (Å²) in [5, 5.41) is 0. The van der Waals surface area contributed by atoms with Gasteiger partial charge in [-0.1, -0.05) is 0 Å². The molecule has 0 radical (unpaired) electrons. The standard InChI is InChI=1S/3C13H18F12N.H3O4P/c3*1-4-26(5-2,6-3)7(8(10(14,15)16)11(17,18)19)9(12(20,21)22)13(23,24)25;1-5(2,3)4/h3*7-9H,4-6H2,1-3H3;(H3,1,2,3,4)/q3*+1;/p-3. The molecule has 0 bridgehead atoms. The molecule has 0 spiro atoms. The molecular weight excluding hydrogens is 1290 g/mol. The molecule has 83 heavy (non-hydrogen) atoms. The summed E-state index contributed by atoms with van der Waals surface area (Å²) in [6.45, 7) is 1.59. The average Bonchev–Trinajstić information content (AvgIpc) is 3.17. The highest BCUT2D eigenvalue weighted by Gasteiger charge is 2.78. The van der Waals surface area contributed by atoms with E-state index in [0.29, 0.717) is 0 Å². The molecule has 0 N–H and O–H groups in total. The number of hydrogen-bond donors (Lipinski definition) is 0. The molecule has 0 aromatic rings. The highest BCUT2D eigenvalue weighted by Crippen LogP contribution is 2.57. The van der Waals surface area contributed by atoms with Crippen LogP contribution in [0.5, 0.6) is 0 Å². The van der Waals surface area contributed by atoms with Gasteiger partial charge in [0.15, 0.2) is 0 Å². The summed E-state index contributed by atoms with van der Waals surface area (Å²) in [5.41, 5.74) is 0. The Balaban J connectivity index is -0.000000540. The number of alkyl halides is 36. The number of hydrogen-bond acceptors (Lipinski definition) is 4. The van der Waals surface area contributed by atoms with Crippen molar-refractivity contribution in [1.29, 1.82) is 0 Å². The van der Waals surface area contributed by atoms with Crippen LogP contribution in [-0.4, -0.2) is 165 Å². The zero-order valence-electron chi connectivity index (χ0n) is 43.6. The molecule has 44 heteroatoms. The van der Waals surface area contributed by atoms with Gasteiger partial charge in [-0.2, -0.15) is 166 Å². The van der Waals surface area contributed by atoms with Crippen LogP contribution in [0.1, 0.15) is 62.3 Å². The summed E-state index contributed by atoms with van der Waals surface area (Å²) in [7, 11) is -5.39. The molecule has 0 aliphatic carbocycles. The van der Waals surface area contributed by atoms with Gasteiger partial charge in [0.05, 0.1) is 58.9 Å². The predicted molar refractivity (Wildman–Crippen MR) is 208 cm³/mol. The third-order valence-electron chi connectivity index (χ3n) is 13.8. The van der Waals surface area contributed by atoms with Crippen molar-refractivity contribution in [3.05, 3.63) is 0 Å². The zero-order chi connectivity index (χ0) is 68.6. The van der Waals surface area contributed by atoms with Gasteiger partial charge in [0.25, 0.3) is 0 Å². The number of phosphoric acid groups is 1. The van der Waals surface area contributed by atoms with Gasteiger partial charge in [-0.25, -0.2) is 0 Å². The highest BCUT2D eigenvalue weighted by atomic mass is 31.2. The fraction of sp³-hybridized carbons (Fsp3) is 1.00. The van der Waals surface area contributed by atoms with E-state index in [4.69, 9.17) is 19.2 Å². The first kappa shape index (κ1) is 86.9. The van der Waals surface area contributed by atoms with Crippen LogP contribution in [0.3, 0.4) is 0 Å². The molecule has 0 rings (SSSR count). The van der Waals surface area contributed by atoms with Crippen LogP contribution >= 0.6 is 7.82 Å². The maximum absolute atomic E-state index is 13.1. The van der Waals surface area contributed by atoms with E-state index in [2.05, 4.69) is 0 Å². The van der Waals surface area contributed by atoms with E-state index in [9.17, 15) is 158 Å². The molecule has 0 saturated carbocycles. The Morgan fingerprint density at radius 1 is 0.229 bits per heavy atom. The lowest BCUT2D eigenvalue weighted by molar-refractivity contribution is -0.960. The van der Waals surface area contributed by atoms with Crippen LogP contribution in [0, 0.1) is 35.5 Å². The van der Waals surface area contributed by atoms with Crippen molar-refractivity contribution in [3.63, 3.8) is 0 Å². The van der Waals surface area contributed by atoms with Crippen molar-refractivity contribution in [2.75, 3.05) is 58.9 Å². The van der Waals surface area contributed by atoms with Crippen LogP contribution in [0.4, 0.5) is 158 Å². The predicted octanol–water partition coefficient (Wildman–Crippen LogP) is 14.3. The van der Waals surface area contributed by atoms with Gasteiger partial charge in [0, 0.05) is 0 Å². The average molecular weight is 1340 g/mol. The molecular formula is C39H54F36N3O4P. The van der Waals surface area contributed by atoms with Crippen LogP contribution in [0.25, 0.3) is 0 Å². The Labute approximate surface area is 447 Å². The topological polar surface area (TPSA) is 86.2 Å². The molecule has 0 amide bonds. The molecule has 7 nitrogen and oxygen atoms in total. The van der Waals surface area contributed by atoms with E-state index in [1.54, 1.807) is 0 Å². The fourth-order valence-electron chi connectivity index (χ4n) is 9.82. The van der Waals surface area contributed by atoms with Crippen LogP contribution < -0.4 is 14.7 Å². The summed E-state index contributed by atoms with van der Waals surface area (Å²) in [6.07, 6.45) is -76.2. The number of quaternary nitrogens is 3. The minimum Gasteiger partial charge on any atom is -0.822 e. The van der Waals surface area contributed by atoms with E-state index in [-0.39, 0.29) is 0 Å². The first-order valence-corrected chi connectivity index (χ1v) is 24.4. The van der Waals surface area contributed by atoms with Crippen molar-refractivity contribution >= 4 is 7.82 Å². The van der Waals surface area contributed by atoms with Crippen LogP contribution in [0.15, 0.2) is 0 Å². The molecule has 0 aromatic heterocycles. The SMILES string of the molecule is CC[N+](CC)(CC)C(C(C(F)(F)F)C(F)(F)F)C(C(F)(F)F)C(F)(F)F.CC[N+](CC)(CC)C(C(C(F)(F)F)C(F)(F)F)C(C(F)(F)F)C(F)(F)F.CC[N+](CC)(CC)C(C(C(F)(F)F)C(F)(F)F)C(C(F)(F)F)C(F)(F)F.O=P([O-])([O-])[O-]. The second kappa shape index (κ2) is 29.2. The minimum absolute atomic E-state index is 0.775. The molecule has 0 aliphatic rings. The van der Waals surface area contributed by atoms with Gasteiger partial charge in [-0.15, -0.1) is 0 Å². The lowest BCUT2D eigenvalue weighted by Crippen LogP contribution is -2.69. The summed E-state index contributed by atoms with van der Waals surface area (Å²) in [5.74, 6) is -28.7. The zero-order valence-corrected chi connectivity index (χ0v) is 44.5. The quantitative estimate of drug-likeness (QED) is 0.0777. The summed E-state index contributed by atoms with van der Waals surface area (Å²) < 4.78 is 474. The van der Waals surface area contributed by atoms with Crippen molar-refractivity contribution in [1.82, 2.24) is 0 Å². The van der Waals surface area contributed by atoms with Crippen molar-refractivity contribution in [2.45, 2.75) is 155 Å². The molecule has 0 saturated heterocycles. The maximum atomic E-state index is 13.1. The first-order valence-electron chi connectivity index (χ1n) is 23.0. The Morgan fingerprint density at radius 3 is 0.325 bits per heavy atom. The minimum atomic E-state index is -6.35. The van der Waals surface area contributed by atoms with Crippen molar-refractivity contribution in [3.8, 4) is 0 Å². The lowest BCUT2D eigenvalue weighted by Gasteiger charge is -2.50. The monoisotopic (exact) mass is 1340 g/mol. The van der Waals surface area contributed by atoms with Gasteiger partial charge < -0.3 is 32.7 Å². The van der Waals surface area contributed by atoms with Crippen LogP contribution in [-0.2, 0) is 4.57 Å². The molecule has 0 heterocycles. The van der Waals surface area contributed by atoms with E-state index < -0.39 is 208 Å². The lowest BCUT2D eigenvalue weighted by atomic mass is 9.82. The third-order valence-corrected chi connectivity index (χ3v) is 13.8. The van der Waals surface area contributed by atoms with Gasteiger partial charge >= 0.3 is 74.1 Å². The van der Waals surface area contributed by atoms with E-state index >= 15 is 0 Å². The van der Waals surface area contributed by atoms with Gasteiger partial charge in [-0.3, -0.25) is 0 Å². The number of rotatable bonds is 18. The van der Waals surface area contributed by atoms with E-state index in [0.717, 1.165) is 62.3 Å². The van der Waals surface area contributed by atoms with E-state index in [1.165, 1.54) is 0 Å². The summed E-state index contributed by atoms with van der Waals surface area (Å²) >= 11 is 0.